The first-order valence-corrected chi connectivity index (χ1v) is 8.45. The fraction of sp³-hybridized carbons (Fsp3) is 0.214. The fourth-order valence-corrected chi connectivity index (χ4v) is 3.42. The molecular formula is C14H14N4OS2. The third-order valence-electron chi connectivity index (χ3n) is 3.19. The summed E-state index contributed by atoms with van der Waals surface area (Å²) < 4.78 is 0.841. The van der Waals surface area contributed by atoms with Crippen LogP contribution in [0, 0.1) is 6.92 Å². The maximum absolute atomic E-state index is 12.2. The van der Waals surface area contributed by atoms with Gasteiger partial charge in [0.2, 0.25) is 11.0 Å². The number of amides is 1. The first-order chi connectivity index (χ1) is 10.2. The van der Waals surface area contributed by atoms with E-state index in [-0.39, 0.29) is 5.91 Å². The van der Waals surface area contributed by atoms with Crippen molar-refractivity contribution in [3.8, 4) is 0 Å². The molecule has 0 unspecified atom stereocenters. The van der Waals surface area contributed by atoms with Gasteiger partial charge in [0, 0.05) is 16.6 Å². The third kappa shape index (κ3) is 2.93. The lowest BCUT2D eigenvalue weighted by molar-refractivity contribution is -0.115. The van der Waals surface area contributed by atoms with Gasteiger partial charge in [-0.1, -0.05) is 41.3 Å². The van der Waals surface area contributed by atoms with Crippen molar-refractivity contribution in [2.45, 2.75) is 17.7 Å². The number of aromatic amines is 1. The number of benzene rings is 1. The molecule has 0 saturated heterocycles. The van der Waals surface area contributed by atoms with Crippen molar-refractivity contribution in [3.63, 3.8) is 0 Å². The third-order valence-corrected chi connectivity index (χ3v) is 5.01. The topological polar surface area (TPSA) is 70.7 Å². The van der Waals surface area contributed by atoms with Crippen LogP contribution in [0.25, 0.3) is 10.9 Å². The Labute approximate surface area is 130 Å². The molecule has 0 aliphatic carbocycles. The van der Waals surface area contributed by atoms with Crippen LogP contribution in [0.15, 0.2) is 28.6 Å². The molecule has 21 heavy (non-hydrogen) atoms. The summed E-state index contributed by atoms with van der Waals surface area (Å²) >= 11 is 2.90. The van der Waals surface area contributed by atoms with Crippen molar-refractivity contribution in [3.05, 3.63) is 35.5 Å². The maximum Gasteiger partial charge on any atom is 0.230 e. The van der Waals surface area contributed by atoms with E-state index in [1.807, 2.05) is 37.4 Å². The Kier molecular flexibility index (Phi) is 3.94. The van der Waals surface area contributed by atoms with Gasteiger partial charge in [-0.3, -0.25) is 4.79 Å². The molecular weight excluding hydrogens is 304 g/mol. The lowest BCUT2D eigenvalue weighted by atomic mass is 10.1. The summed E-state index contributed by atoms with van der Waals surface area (Å²) in [4.78, 5) is 15.5. The molecule has 0 aliphatic rings. The van der Waals surface area contributed by atoms with E-state index in [9.17, 15) is 4.79 Å². The van der Waals surface area contributed by atoms with Gasteiger partial charge in [0.15, 0.2) is 4.34 Å². The Morgan fingerprint density at radius 2 is 2.19 bits per heavy atom. The number of anilines is 1. The van der Waals surface area contributed by atoms with Gasteiger partial charge in [0.25, 0.3) is 0 Å². The highest BCUT2D eigenvalue weighted by atomic mass is 32.2. The summed E-state index contributed by atoms with van der Waals surface area (Å²) in [6, 6.07) is 8.00. The van der Waals surface area contributed by atoms with Crippen LogP contribution in [0.5, 0.6) is 0 Å². The molecule has 1 amide bonds. The number of para-hydroxylation sites is 1. The van der Waals surface area contributed by atoms with Gasteiger partial charge in [-0.05, 0) is 24.8 Å². The monoisotopic (exact) mass is 318 g/mol. The summed E-state index contributed by atoms with van der Waals surface area (Å²) in [6.07, 6.45) is 2.26. The lowest BCUT2D eigenvalue weighted by Gasteiger charge is -2.02. The van der Waals surface area contributed by atoms with E-state index in [1.54, 1.807) is 0 Å². The number of nitrogens with one attached hydrogen (secondary N) is 2. The van der Waals surface area contributed by atoms with Crippen LogP contribution in [0.4, 0.5) is 5.13 Å². The van der Waals surface area contributed by atoms with Crippen LogP contribution in [-0.2, 0) is 11.2 Å². The Morgan fingerprint density at radius 1 is 1.38 bits per heavy atom. The van der Waals surface area contributed by atoms with Crippen molar-refractivity contribution in [1.82, 2.24) is 15.2 Å². The number of rotatable bonds is 4. The second-order valence-corrected chi connectivity index (χ2v) is 6.61. The van der Waals surface area contributed by atoms with Crippen molar-refractivity contribution < 1.29 is 4.79 Å². The largest absolute Gasteiger partial charge is 0.358 e. The van der Waals surface area contributed by atoms with Crippen LogP contribution in [0.2, 0.25) is 0 Å². The van der Waals surface area contributed by atoms with Gasteiger partial charge in [-0.15, -0.1) is 10.2 Å². The first-order valence-electron chi connectivity index (χ1n) is 6.41. The van der Waals surface area contributed by atoms with E-state index in [1.165, 1.54) is 23.1 Å². The van der Waals surface area contributed by atoms with Crippen LogP contribution < -0.4 is 5.32 Å². The molecule has 108 valence electrons. The zero-order valence-electron chi connectivity index (χ0n) is 11.6. The Morgan fingerprint density at radius 3 is 2.95 bits per heavy atom. The highest BCUT2D eigenvalue weighted by molar-refractivity contribution is 8.00. The van der Waals surface area contributed by atoms with E-state index < -0.39 is 0 Å². The number of nitrogens with zero attached hydrogens (tertiary/aromatic N) is 2. The minimum absolute atomic E-state index is 0.0772. The zero-order valence-corrected chi connectivity index (χ0v) is 13.3. The second kappa shape index (κ2) is 5.87. The zero-order chi connectivity index (χ0) is 14.8. The van der Waals surface area contributed by atoms with Crippen LogP contribution in [0.1, 0.15) is 11.3 Å². The fourth-order valence-electron chi connectivity index (χ4n) is 2.23. The quantitative estimate of drug-likeness (QED) is 0.572. The second-order valence-electron chi connectivity index (χ2n) is 4.58. The first kappa shape index (κ1) is 14.1. The number of aryl methyl sites for hydroxylation is 1. The van der Waals surface area contributed by atoms with Crippen LogP contribution >= 0.6 is 23.1 Å². The highest BCUT2D eigenvalue weighted by Gasteiger charge is 2.13. The molecule has 3 rings (SSSR count). The molecule has 0 spiro atoms. The number of carbonyl (C=O) groups excluding carboxylic acids is 1. The molecule has 0 fully saturated rings. The molecule has 2 aromatic heterocycles. The molecule has 5 nitrogen and oxygen atoms in total. The molecule has 3 aromatic rings. The maximum atomic E-state index is 12.2. The van der Waals surface area contributed by atoms with Gasteiger partial charge in [-0.25, -0.2) is 0 Å². The molecule has 1 aromatic carbocycles. The normalized spacial score (nSPS) is 11.0. The number of thioether (sulfide) groups is 1. The minimum Gasteiger partial charge on any atom is -0.358 e. The Balaban J connectivity index is 1.78. The van der Waals surface area contributed by atoms with E-state index in [4.69, 9.17) is 0 Å². The van der Waals surface area contributed by atoms with Gasteiger partial charge in [0.1, 0.15) is 0 Å². The number of hydrogen-bond donors (Lipinski definition) is 2. The van der Waals surface area contributed by atoms with Gasteiger partial charge in [-0.2, -0.15) is 0 Å². The van der Waals surface area contributed by atoms with E-state index >= 15 is 0 Å². The van der Waals surface area contributed by atoms with Gasteiger partial charge >= 0.3 is 0 Å². The van der Waals surface area contributed by atoms with Crippen molar-refractivity contribution in [2.24, 2.45) is 0 Å². The standard InChI is InChI=1S/C14H14N4OS2/c1-8-10(9-5-3-4-6-11(9)15-8)7-12(19)16-13-17-18-14(20-2)21-13/h3-6,15H,7H2,1-2H3,(H,16,17,19). The summed E-state index contributed by atoms with van der Waals surface area (Å²) in [5, 5.41) is 12.4. The molecule has 0 aliphatic heterocycles. The highest BCUT2D eigenvalue weighted by Crippen LogP contribution is 2.25. The Bertz CT molecular complexity index is 793. The van der Waals surface area contributed by atoms with Crippen molar-refractivity contribution in [2.75, 3.05) is 11.6 Å². The average Bonchev–Trinajstić information content (AvgIpc) is 3.04. The van der Waals surface area contributed by atoms with Crippen molar-refractivity contribution >= 4 is 45.0 Å². The summed E-state index contributed by atoms with van der Waals surface area (Å²) in [6.45, 7) is 1.99. The van der Waals surface area contributed by atoms with Crippen molar-refractivity contribution in [1.29, 1.82) is 0 Å². The van der Waals surface area contributed by atoms with Crippen LogP contribution in [-0.4, -0.2) is 27.3 Å². The van der Waals surface area contributed by atoms with E-state index in [2.05, 4.69) is 20.5 Å². The lowest BCUT2D eigenvalue weighted by Crippen LogP contribution is -2.14. The van der Waals surface area contributed by atoms with E-state index in [0.717, 1.165) is 26.5 Å². The Hall–Kier alpha value is -1.86. The van der Waals surface area contributed by atoms with Gasteiger partial charge < -0.3 is 10.3 Å². The average molecular weight is 318 g/mol. The molecule has 0 saturated carbocycles. The summed E-state index contributed by atoms with van der Waals surface area (Å²) in [5.41, 5.74) is 3.10. The molecule has 2 heterocycles. The molecule has 0 bridgehead atoms. The smallest absolute Gasteiger partial charge is 0.230 e. The van der Waals surface area contributed by atoms with Gasteiger partial charge in [0.05, 0.1) is 6.42 Å². The molecule has 0 atom stereocenters. The number of carbonyl (C=O) groups is 1. The number of H-pyrrole nitrogens is 1. The summed E-state index contributed by atoms with van der Waals surface area (Å²) in [7, 11) is 0. The number of hydrogen-bond acceptors (Lipinski definition) is 5. The predicted molar refractivity (Wildman–Crippen MR) is 87.1 cm³/mol. The minimum atomic E-state index is -0.0772. The number of fused-ring (bicyclic) bond motifs is 1. The SMILES string of the molecule is CSc1nnc(NC(=O)Cc2c(C)[nH]c3ccccc23)s1. The summed E-state index contributed by atoms with van der Waals surface area (Å²) in [5.74, 6) is -0.0772. The van der Waals surface area contributed by atoms with E-state index in [0.29, 0.717) is 11.6 Å². The molecule has 0 radical (unpaired) electrons. The molecule has 2 N–H and O–H groups in total. The molecule has 7 heteroatoms. The van der Waals surface area contributed by atoms with Crippen LogP contribution in [0.3, 0.4) is 0 Å². The predicted octanol–water partition coefficient (Wildman–Crippen LogP) is 3.23. The number of aromatic nitrogens is 3.